The summed E-state index contributed by atoms with van der Waals surface area (Å²) < 4.78 is 13.9. The fourth-order valence-corrected chi connectivity index (χ4v) is 7.42. The predicted octanol–water partition coefficient (Wildman–Crippen LogP) is 5.47. The second-order valence-corrected chi connectivity index (χ2v) is 12.6. The van der Waals surface area contributed by atoms with Crippen molar-refractivity contribution in [3.63, 3.8) is 0 Å². The molecule has 4 aromatic rings. The van der Waals surface area contributed by atoms with E-state index in [0.29, 0.717) is 6.54 Å². The zero-order valence-corrected chi connectivity index (χ0v) is 25.4. The molecule has 3 heterocycles. The Morgan fingerprint density at radius 3 is 2.55 bits per heavy atom. The molecule has 222 valence electrons. The fourth-order valence-electron chi connectivity index (χ4n) is 6.44. The van der Waals surface area contributed by atoms with Gasteiger partial charge in [0.05, 0.1) is 30.5 Å². The van der Waals surface area contributed by atoms with Crippen LogP contribution in [0.4, 0.5) is 0 Å². The van der Waals surface area contributed by atoms with E-state index in [0.717, 1.165) is 110 Å². The highest BCUT2D eigenvalue weighted by atomic mass is 32.1. The third kappa shape index (κ3) is 6.62. The van der Waals surface area contributed by atoms with Crippen LogP contribution in [0.2, 0.25) is 0 Å². The number of methoxy groups -OCH3 is 1. The zero-order chi connectivity index (χ0) is 28.9. The molecular weight excluding hydrogens is 546 g/mol. The van der Waals surface area contributed by atoms with Crippen LogP contribution in [0.3, 0.4) is 0 Å². The molecule has 0 radical (unpaired) electrons. The maximum absolute atomic E-state index is 13.5. The standard InChI is InChI=1S/C34H41N3O4S/c1-40-28-10-9-26-6-4-7-29(30(26)24-28)33(38)27-12-15-36(16-13-27)17-18-37-31-11-8-25(23-32(31)42-34(37)39)5-2-3-14-35-19-21-41-22-20-35/h4,6-11,23-24,27H,2-3,5,12-22H2,1H3. The minimum atomic E-state index is 0.0232. The summed E-state index contributed by atoms with van der Waals surface area (Å²) in [5, 5.41) is 2.02. The average molecular weight is 588 g/mol. The quantitative estimate of drug-likeness (QED) is 0.171. The Morgan fingerprint density at radius 1 is 0.929 bits per heavy atom. The lowest BCUT2D eigenvalue weighted by atomic mass is 9.87. The molecule has 0 aliphatic carbocycles. The topological polar surface area (TPSA) is 64.0 Å². The van der Waals surface area contributed by atoms with E-state index in [4.69, 9.17) is 9.47 Å². The highest BCUT2D eigenvalue weighted by Gasteiger charge is 2.27. The zero-order valence-electron chi connectivity index (χ0n) is 24.6. The smallest absolute Gasteiger partial charge is 0.308 e. The summed E-state index contributed by atoms with van der Waals surface area (Å²) >= 11 is 1.36. The molecule has 0 N–H and O–H groups in total. The molecule has 1 aromatic heterocycles. The van der Waals surface area contributed by atoms with Gasteiger partial charge in [-0.3, -0.25) is 19.1 Å². The lowest BCUT2D eigenvalue weighted by molar-refractivity contribution is 0.0372. The van der Waals surface area contributed by atoms with Gasteiger partial charge in [0, 0.05) is 37.7 Å². The van der Waals surface area contributed by atoms with E-state index in [-0.39, 0.29) is 16.6 Å². The molecule has 0 unspecified atom stereocenters. The number of morpholine rings is 1. The van der Waals surface area contributed by atoms with Crippen molar-refractivity contribution in [2.24, 2.45) is 5.92 Å². The average Bonchev–Trinajstić information content (AvgIpc) is 3.35. The maximum Gasteiger partial charge on any atom is 0.308 e. The van der Waals surface area contributed by atoms with E-state index in [1.165, 1.54) is 23.3 Å². The number of ether oxygens (including phenoxy) is 2. The summed E-state index contributed by atoms with van der Waals surface area (Å²) in [6.07, 6.45) is 5.08. The van der Waals surface area contributed by atoms with Gasteiger partial charge in [0.15, 0.2) is 5.78 Å². The number of aryl methyl sites for hydroxylation is 1. The van der Waals surface area contributed by atoms with Crippen LogP contribution < -0.4 is 9.61 Å². The van der Waals surface area contributed by atoms with E-state index in [9.17, 15) is 9.59 Å². The molecule has 8 heteroatoms. The van der Waals surface area contributed by atoms with Crippen LogP contribution in [0, 0.1) is 5.92 Å². The monoisotopic (exact) mass is 587 g/mol. The van der Waals surface area contributed by atoms with Crippen LogP contribution in [0.15, 0.2) is 59.4 Å². The summed E-state index contributed by atoms with van der Waals surface area (Å²) in [6, 6.07) is 18.4. The number of thiazole rings is 1. The molecule has 6 rings (SSSR count). The molecule has 0 bridgehead atoms. The van der Waals surface area contributed by atoms with Gasteiger partial charge < -0.3 is 14.4 Å². The number of carbonyl (C=O) groups is 1. The second-order valence-electron chi connectivity index (χ2n) is 11.6. The number of rotatable bonds is 11. The summed E-state index contributed by atoms with van der Waals surface area (Å²) in [5.41, 5.74) is 3.14. The number of hydrogen-bond donors (Lipinski definition) is 0. The molecule has 2 saturated heterocycles. The van der Waals surface area contributed by atoms with Gasteiger partial charge >= 0.3 is 4.87 Å². The van der Waals surface area contributed by atoms with Crippen LogP contribution in [0.1, 0.15) is 41.6 Å². The third-order valence-electron chi connectivity index (χ3n) is 8.98. The minimum absolute atomic E-state index is 0.0232. The predicted molar refractivity (Wildman–Crippen MR) is 170 cm³/mol. The Bertz CT molecular complexity index is 1580. The number of carbonyl (C=O) groups excluding carboxylic acids is 1. The molecule has 7 nitrogen and oxygen atoms in total. The van der Waals surface area contributed by atoms with Crippen molar-refractivity contribution in [3.05, 3.63) is 75.4 Å². The van der Waals surface area contributed by atoms with E-state index in [2.05, 4.69) is 28.0 Å². The van der Waals surface area contributed by atoms with Crippen molar-refractivity contribution in [3.8, 4) is 5.75 Å². The van der Waals surface area contributed by atoms with E-state index in [1.54, 1.807) is 7.11 Å². The van der Waals surface area contributed by atoms with Gasteiger partial charge in [-0.2, -0.15) is 0 Å². The number of likely N-dealkylation sites (tertiary alicyclic amines) is 1. The lowest BCUT2D eigenvalue weighted by Gasteiger charge is -2.31. The van der Waals surface area contributed by atoms with Crippen LogP contribution in [-0.2, 0) is 17.7 Å². The largest absolute Gasteiger partial charge is 0.497 e. The highest BCUT2D eigenvalue weighted by Crippen LogP contribution is 2.29. The first-order valence-corrected chi connectivity index (χ1v) is 16.2. The van der Waals surface area contributed by atoms with Crippen LogP contribution in [0.5, 0.6) is 5.75 Å². The van der Waals surface area contributed by atoms with Crippen molar-refractivity contribution < 1.29 is 14.3 Å². The number of Topliss-reactive ketones (excluding diaryl/α,β-unsaturated/α-hetero) is 1. The van der Waals surface area contributed by atoms with Crippen molar-refractivity contribution >= 4 is 38.1 Å². The molecule has 0 spiro atoms. The number of nitrogens with zero attached hydrogens (tertiary/aromatic N) is 3. The van der Waals surface area contributed by atoms with Gasteiger partial charge in [0.2, 0.25) is 0 Å². The number of benzene rings is 3. The number of aromatic nitrogens is 1. The van der Waals surface area contributed by atoms with Gasteiger partial charge in [-0.1, -0.05) is 41.7 Å². The molecule has 2 aliphatic rings. The number of fused-ring (bicyclic) bond motifs is 2. The minimum Gasteiger partial charge on any atom is -0.497 e. The summed E-state index contributed by atoms with van der Waals surface area (Å²) in [7, 11) is 1.65. The first-order valence-electron chi connectivity index (χ1n) is 15.3. The number of unbranched alkanes of at least 4 members (excludes halogenated alkanes) is 1. The summed E-state index contributed by atoms with van der Waals surface area (Å²) in [5.74, 6) is 1.02. The molecule has 42 heavy (non-hydrogen) atoms. The van der Waals surface area contributed by atoms with Gasteiger partial charge in [0.1, 0.15) is 5.75 Å². The van der Waals surface area contributed by atoms with Crippen LogP contribution in [-0.4, -0.2) is 79.7 Å². The van der Waals surface area contributed by atoms with Crippen LogP contribution >= 0.6 is 11.3 Å². The Hall–Kier alpha value is -3.04. The Morgan fingerprint density at radius 2 is 1.74 bits per heavy atom. The Kier molecular flexibility index (Phi) is 9.34. The first-order chi connectivity index (χ1) is 20.6. The summed E-state index contributed by atoms with van der Waals surface area (Å²) in [4.78, 5) is 31.4. The fraction of sp³-hybridized carbons (Fsp3) is 0.471. The first kappa shape index (κ1) is 29.1. The Balaban J connectivity index is 1.01. The molecular formula is C34H41N3O4S. The third-order valence-corrected chi connectivity index (χ3v) is 9.92. The van der Waals surface area contributed by atoms with Crippen molar-refractivity contribution in [2.75, 3.05) is 59.6 Å². The molecule has 3 aromatic carbocycles. The SMILES string of the molecule is COc1ccc2cccc(C(=O)C3CCN(CCn4c(=O)sc5cc(CCCCN6CCOCC6)ccc54)CC3)c2c1. The second kappa shape index (κ2) is 13.5. The normalized spacial score (nSPS) is 17.3. The van der Waals surface area contributed by atoms with E-state index >= 15 is 0 Å². The molecule has 2 fully saturated rings. The number of ketones is 1. The van der Waals surface area contributed by atoms with Gasteiger partial charge in [-0.25, -0.2) is 0 Å². The van der Waals surface area contributed by atoms with Gasteiger partial charge in [-0.15, -0.1) is 0 Å². The van der Waals surface area contributed by atoms with E-state index < -0.39 is 0 Å². The van der Waals surface area contributed by atoms with Crippen molar-refractivity contribution in [1.82, 2.24) is 14.4 Å². The van der Waals surface area contributed by atoms with Gasteiger partial charge in [-0.05, 0) is 92.3 Å². The van der Waals surface area contributed by atoms with Crippen molar-refractivity contribution in [1.29, 1.82) is 0 Å². The molecule has 0 amide bonds. The van der Waals surface area contributed by atoms with Crippen LogP contribution in [0.25, 0.3) is 21.0 Å². The number of piperidine rings is 1. The van der Waals surface area contributed by atoms with E-state index in [1.807, 2.05) is 41.0 Å². The highest BCUT2D eigenvalue weighted by molar-refractivity contribution is 7.16. The number of hydrogen-bond acceptors (Lipinski definition) is 7. The van der Waals surface area contributed by atoms with Crippen molar-refractivity contribution in [2.45, 2.75) is 38.6 Å². The summed E-state index contributed by atoms with van der Waals surface area (Å²) in [6.45, 7) is 8.18. The molecule has 0 saturated carbocycles. The molecule has 2 aliphatic heterocycles. The lowest BCUT2D eigenvalue weighted by Crippen LogP contribution is -2.38. The molecule has 0 atom stereocenters. The maximum atomic E-state index is 13.5. The Labute approximate surface area is 251 Å². The van der Waals surface area contributed by atoms with Gasteiger partial charge in [0.25, 0.3) is 0 Å².